The molecule has 1 fully saturated rings. The molecule has 0 radical (unpaired) electrons. The van der Waals surface area contributed by atoms with Gasteiger partial charge in [0.1, 0.15) is 11.5 Å². The summed E-state index contributed by atoms with van der Waals surface area (Å²) in [5.41, 5.74) is 6.50. The minimum atomic E-state index is -0.412. The maximum absolute atomic E-state index is 13.7. The van der Waals surface area contributed by atoms with E-state index in [1.807, 2.05) is 31.1 Å². The Kier molecular flexibility index (Phi) is 8.77. The lowest BCUT2D eigenvalue weighted by molar-refractivity contribution is -0.132. The Bertz CT molecular complexity index is 1770. The van der Waals surface area contributed by atoms with Crippen molar-refractivity contribution >= 4 is 57.8 Å². The molecule has 1 aliphatic heterocycles. The van der Waals surface area contributed by atoms with Gasteiger partial charge in [-0.25, -0.2) is 9.97 Å². The van der Waals surface area contributed by atoms with Crippen molar-refractivity contribution in [3.05, 3.63) is 56.7 Å². The van der Waals surface area contributed by atoms with Crippen molar-refractivity contribution < 1.29 is 14.4 Å². The van der Waals surface area contributed by atoms with Crippen LogP contribution in [-0.4, -0.2) is 96.9 Å². The van der Waals surface area contributed by atoms with Gasteiger partial charge in [-0.15, -0.1) is 21.5 Å². The molecule has 5 rings (SSSR count). The fourth-order valence-electron chi connectivity index (χ4n) is 4.44. The van der Waals surface area contributed by atoms with Crippen molar-refractivity contribution in [3.63, 3.8) is 0 Å². The Morgan fingerprint density at radius 1 is 1.14 bits per heavy atom. The molecule has 0 aromatic carbocycles. The quantitative estimate of drug-likeness (QED) is 0.208. The highest BCUT2D eigenvalue weighted by molar-refractivity contribution is 7.14. The molecule has 0 unspecified atom stereocenters. The maximum atomic E-state index is 13.7. The second-order valence-corrected chi connectivity index (χ2v) is 11.9. The number of anilines is 2. The van der Waals surface area contributed by atoms with Gasteiger partial charge in [0, 0.05) is 48.7 Å². The van der Waals surface area contributed by atoms with Crippen molar-refractivity contribution in [2.24, 2.45) is 5.73 Å². The van der Waals surface area contributed by atoms with Gasteiger partial charge in [0.25, 0.3) is 11.5 Å². The van der Waals surface area contributed by atoms with Gasteiger partial charge in [0.2, 0.25) is 11.8 Å². The van der Waals surface area contributed by atoms with E-state index in [9.17, 15) is 19.2 Å². The van der Waals surface area contributed by atoms with Gasteiger partial charge in [0.05, 0.1) is 24.3 Å². The smallest absolute Gasteiger partial charge is 0.267 e. The lowest BCUT2D eigenvalue weighted by Gasteiger charge is -2.36. The van der Waals surface area contributed by atoms with Crippen molar-refractivity contribution in [1.82, 2.24) is 45.2 Å². The number of nitrogens with zero attached hydrogens (tertiary/aromatic N) is 8. The van der Waals surface area contributed by atoms with Crippen molar-refractivity contribution in [3.8, 4) is 0 Å². The fourth-order valence-corrected chi connectivity index (χ4v) is 5.37. The number of tetrazole rings is 1. The van der Waals surface area contributed by atoms with E-state index < -0.39 is 5.91 Å². The molecule has 0 saturated carbocycles. The average molecular weight is 621 g/mol. The number of fused-ring (bicyclic) bond motifs is 1. The summed E-state index contributed by atoms with van der Waals surface area (Å²) >= 11 is 1.34. The molecule has 17 heteroatoms. The predicted octanol–water partition coefficient (Wildman–Crippen LogP) is 0.108. The minimum Gasteiger partial charge on any atom is -0.352 e. The maximum Gasteiger partial charge on any atom is 0.267 e. The summed E-state index contributed by atoms with van der Waals surface area (Å²) in [6.45, 7) is 7.24. The fraction of sp³-hybridized carbons (Fsp3) is 0.370. The van der Waals surface area contributed by atoms with Crippen molar-refractivity contribution in [2.75, 3.05) is 49.5 Å². The van der Waals surface area contributed by atoms with Gasteiger partial charge in [-0.2, -0.15) is 5.21 Å². The van der Waals surface area contributed by atoms with Crippen LogP contribution < -0.4 is 26.8 Å². The monoisotopic (exact) mass is 620 g/mol. The predicted molar refractivity (Wildman–Crippen MR) is 164 cm³/mol. The number of hydrogen-bond donors (Lipinski definition) is 4. The molecule has 0 spiro atoms. The van der Waals surface area contributed by atoms with E-state index in [0.29, 0.717) is 42.7 Å². The number of aromatic nitrogens is 7. The van der Waals surface area contributed by atoms with Gasteiger partial charge in [0.15, 0.2) is 11.0 Å². The number of nitrogens with one attached hydrogen (secondary N) is 3. The number of nitrogens with two attached hydrogens (primary N) is 1. The van der Waals surface area contributed by atoms with Crippen LogP contribution in [0.2, 0.25) is 0 Å². The topological polar surface area (TPSA) is 209 Å². The van der Waals surface area contributed by atoms with E-state index in [1.54, 1.807) is 29.2 Å². The molecule has 3 amide bonds. The third-order valence-electron chi connectivity index (χ3n) is 6.92. The number of aromatic amines is 1. The van der Waals surface area contributed by atoms with Gasteiger partial charge >= 0.3 is 0 Å². The van der Waals surface area contributed by atoms with Gasteiger partial charge in [-0.3, -0.25) is 28.9 Å². The summed E-state index contributed by atoms with van der Waals surface area (Å²) in [5, 5.41) is 21.4. The van der Waals surface area contributed by atoms with Crippen LogP contribution in [0.1, 0.15) is 48.2 Å². The van der Waals surface area contributed by atoms with E-state index in [0.717, 1.165) is 5.69 Å². The van der Waals surface area contributed by atoms with Crippen LogP contribution in [-0.2, 0) is 15.0 Å². The lowest BCUT2D eigenvalue weighted by Crippen LogP contribution is -2.52. The molecule has 5 N–H and O–H groups in total. The number of thiazole rings is 1. The standard InChI is InChI=1S/C27H32N12O4S/c1-27(2,3)18-15-44-26(30-18)32-24(42)16-6-7-39-20(12-16)31-23(17(25(39)43)4-5-19-33-35-36-34-19)38-10-8-37(9-11-38)22(41)14-29-21(40)13-28/h4-7,12,15H,8-11,13-14,28H2,1-3H3,(H,29,40)(H,30,32,42)(H,33,34,35,36)/b5-4+. The highest BCUT2D eigenvalue weighted by atomic mass is 32.1. The van der Waals surface area contributed by atoms with Crippen LogP contribution in [0.3, 0.4) is 0 Å². The normalized spacial score (nSPS) is 13.9. The number of hydrogen-bond acceptors (Lipinski definition) is 12. The van der Waals surface area contributed by atoms with Crippen molar-refractivity contribution in [1.29, 1.82) is 0 Å². The van der Waals surface area contributed by atoms with Crippen LogP contribution >= 0.6 is 11.3 Å². The molecule has 0 bridgehead atoms. The van der Waals surface area contributed by atoms with E-state index >= 15 is 0 Å². The molecule has 1 aliphatic rings. The molecule has 4 aromatic heterocycles. The highest BCUT2D eigenvalue weighted by Gasteiger charge is 2.25. The van der Waals surface area contributed by atoms with E-state index in [-0.39, 0.29) is 52.9 Å². The van der Waals surface area contributed by atoms with E-state index in [1.165, 1.54) is 21.9 Å². The highest BCUT2D eigenvalue weighted by Crippen LogP contribution is 2.27. The molecule has 44 heavy (non-hydrogen) atoms. The number of H-pyrrole nitrogens is 1. The zero-order valence-corrected chi connectivity index (χ0v) is 25.2. The average Bonchev–Trinajstić information content (AvgIpc) is 3.71. The van der Waals surface area contributed by atoms with E-state index in [4.69, 9.17) is 10.7 Å². The van der Waals surface area contributed by atoms with Crippen LogP contribution in [0, 0.1) is 0 Å². The molecule has 230 valence electrons. The summed E-state index contributed by atoms with van der Waals surface area (Å²) in [7, 11) is 0. The molecule has 0 atom stereocenters. The molecule has 16 nitrogen and oxygen atoms in total. The molecular weight excluding hydrogens is 588 g/mol. The SMILES string of the molecule is CC(C)(C)c1csc(NC(=O)c2ccn3c(=O)c(/C=C/c4nn[nH]n4)c(N4CCN(C(=O)CNC(=O)CN)CC4)nc3c2)n1. The van der Waals surface area contributed by atoms with Crippen LogP contribution in [0.15, 0.2) is 28.5 Å². The first-order valence-electron chi connectivity index (χ1n) is 13.8. The van der Waals surface area contributed by atoms with Crippen LogP contribution in [0.5, 0.6) is 0 Å². The zero-order valence-electron chi connectivity index (χ0n) is 24.4. The first kappa shape index (κ1) is 30.4. The molecule has 5 heterocycles. The summed E-state index contributed by atoms with van der Waals surface area (Å²) < 4.78 is 1.36. The third-order valence-corrected chi connectivity index (χ3v) is 7.67. The number of rotatable bonds is 8. The molecule has 1 saturated heterocycles. The minimum absolute atomic E-state index is 0.145. The van der Waals surface area contributed by atoms with Crippen LogP contribution in [0.4, 0.5) is 10.9 Å². The number of amides is 3. The number of carbonyl (C=O) groups excluding carboxylic acids is 3. The summed E-state index contributed by atoms with van der Waals surface area (Å²) in [5.74, 6) is -0.372. The Balaban J connectivity index is 1.43. The second-order valence-electron chi connectivity index (χ2n) is 11.0. The van der Waals surface area contributed by atoms with Gasteiger partial charge < -0.3 is 20.9 Å². The lowest BCUT2D eigenvalue weighted by atomic mass is 9.93. The molecule has 0 aliphatic carbocycles. The van der Waals surface area contributed by atoms with Crippen LogP contribution in [0.25, 0.3) is 17.8 Å². The Hall–Kier alpha value is -5.03. The summed E-state index contributed by atoms with van der Waals surface area (Å²) in [4.78, 5) is 63.7. The Labute approximate surface area is 255 Å². The Morgan fingerprint density at radius 2 is 1.91 bits per heavy atom. The molecular formula is C27H32N12O4S. The summed E-state index contributed by atoms with van der Waals surface area (Å²) in [6.07, 6.45) is 4.61. The number of carbonyl (C=O) groups is 3. The zero-order chi connectivity index (χ0) is 31.4. The van der Waals surface area contributed by atoms with Crippen molar-refractivity contribution in [2.45, 2.75) is 26.2 Å². The first-order valence-corrected chi connectivity index (χ1v) is 14.7. The third kappa shape index (κ3) is 6.78. The van der Waals surface area contributed by atoms with E-state index in [2.05, 4.69) is 36.2 Å². The molecule has 4 aromatic rings. The van der Waals surface area contributed by atoms with Gasteiger partial charge in [-0.05, 0) is 29.5 Å². The Morgan fingerprint density at radius 3 is 2.57 bits per heavy atom. The number of pyridine rings is 1. The van der Waals surface area contributed by atoms with Gasteiger partial charge in [-0.1, -0.05) is 20.8 Å². The largest absolute Gasteiger partial charge is 0.352 e. The summed E-state index contributed by atoms with van der Waals surface area (Å²) in [6, 6.07) is 3.09. The second kappa shape index (κ2) is 12.7. The first-order chi connectivity index (χ1) is 21.0. The number of piperazine rings is 1.